The number of aromatic carboxylic acids is 1. The molecule has 0 amide bonds. The first kappa shape index (κ1) is 14.8. The second kappa shape index (κ2) is 5.78. The minimum Gasteiger partial charge on any atom is -0.478 e. The van der Waals surface area contributed by atoms with Crippen molar-refractivity contribution < 1.29 is 14.3 Å². The molecule has 0 radical (unpaired) electrons. The Bertz CT molecular complexity index is 676. The van der Waals surface area contributed by atoms with Gasteiger partial charge in [0.1, 0.15) is 11.6 Å². The number of nitrogen functional groups attached to an aromatic ring is 1. The molecule has 3 N–H and O–H groups in total. The average Bonchev–Trinajstić information content (AvgIpc) is 2.46. The standard InChI is InChI=1S/C15H16FN3O2/c1-9(10-5-3-4-6-12(10)16)19(2)14-7-11(15(20)21)13(17)8-18-14/h3-9H,17H2,1-2H3,(H,20,21). The Balaban J connectivity index is 2.36. The van der Waals surface area contributed by atoms with E-state index in [1.807, 2.05) is 6.92 Å². The molecule has 1 heterocycles. The van der Waals surface area contributed by atoms with Crippen LogP contribution in [0.5, 0.6) is 0 Å². The Hall–Kier alpha value is -2.63. The van der Waals surface area contributed by atoms with E-state index in [9.17, 15) is 9.18 Å². The largest absolute Gasteiger partial charge is 0.478 e. The Morgan fingerprint density at radius 3 is 2.71 bits per heavy atom. The summed E-state index contributed by atoms with van der Waals surface area (Å²) in [6, 6.07) is 7.53. The maximum atomic E-state index is 13.8. The van der Waals surface area contributed by atoms with E-state index in [2.05, 4.69) is 4.98 Å². The number of carboxylic acids is 1. The number of hydrogen-bond donors (Lipinski definition) is 2. The molecule has 1 atom stereocenters. The second-order valence-corrected chi connectivity index (χ2v) is 4.74. The summed E-state index contributed by atoms with van der Waals surface area (Å²) >= 11 is 0. The van der Waals surface area contributed by atoms with Gasteiger partial charge < -0.3 is 15.7 Å². The van der Waals surface area contributed by atoms with Crippen LogP contribution in [0.1, 0.15) is 28.9 Å². The van der Waals surface area contributed by atoms with E-state index in [0.717, 1.165) is 0 Å². The molecule has 0 saturated heterocycles. The minimum absolute atomic E-state index is 0.0208. The summed E-state index contributed by atoms with van der Waals surface area (Å²) in [5.74, 6) is -1.02. The molecular weight excluding hydrogens is 273 g/mol. The Labute approximate surface area is 121 Å². The molecule has 1 unspecified atom stereocenters. The zero-order chi connectivity index (χ0) is 15.6. The van der Waals surface area contributed by atoms with Crippen molar-refractivity contribution in [2.45, 2.75) is 13.0 Å². The van der Waals surface area contributed by atoms with Crippen molar-refractivity contribution in [3.63, 3.8) is 0 Å². The number of aromatic nitrogens is 1. The highest BCUT2D eigenvalue weighted by Crippen LogP contribution is 2.27. The number of benzene rings is 1. The molecule has 5 nitrogen and oxygen atoms in total. The van der Waals surface area contributed by atoms with Gasteiger partial charge in [-0.15, -0.1) is 0 Å². The van der Waals surface area contributed by atoms with Crippen LogP contribution in [0.25, 0.3) is 0 Å². The molecule has 110 valence electrons. The van der Waals surface area contributed by atoms with E-state index in [1.165, 1.54) is 18.3 Å². The predicted molar refractivity (Wildman–Crippen MR) is 78.8 cm³/mol. The molecule has 0 aliphatic carbocycles. The Morgan fingerprint density at radius 2 is 2.10 bits per heavy atom. The van der Waals surface area contributed by atoms with Gasteiger partial charge in [0.2, 0.25) is 0 Å². The molecule has 2 rings (SSSR count). The maximum Gasteiger partial charge on any atom is 0.337 e. The number of halogens is 1. The Morgan fingerprint density at radius 1 is 1.43 bits per heavy atom. The van der Waals surface area contributed by atoms with Crippen LogP contribution >= 0.6 is 0 Å². The lowest BCUT2D eigenvalue weighted by molar-refractivity contribution is 0.0698. The first-order valence-electron chi connectivity index (χ1n) is 6.38. The van der Waals surface area contributed by atoms with Gasteiger partial charge in [0.15, 0.2) is 0 Å². The van der Waals surface area contributed by atoms with Crippen LogP contribution in [0.2, 0.25) is 0 Å². The molecular formula is C15H16FN3O2. The lowest BCUT2D eigenvalue weighted by Crippen LogP contribution is -2.24. The summed E-state index contributed by atoms with van der Waals surface area (Å²) < 4.78 is 13.8. The summed E-state index contributed by atoms with van der Waals surface area (Å²) in [6.07, 6.45) is 1.29. The highest BCUT2D eigenvalue weighted by Gasteiger charge is 2.18. The molecule has 1 aromatic carbocycles. The van der Waals surface area contributed by atoms with E-state index >= 15 is 0 Å². The molecule has 0 bridgehead atoms. The third-order valence-corrected chi connectivity index (χ3v) is 3.45. The fourth-order valence-corrected chi connectivity index (χ4v) is 2.05. The summed E-state index contributed by atoms with van der Waals surface area (Å²) in [5, 5.41) is 9.09. The number of rotatable bonds is 4. The highest BCUT2D eigenvalue weighted by atomic mass is 19.1. The van der Waals surface area contributed by atoms with Crippen LogP contribution in [0.15, 0.2) is 36.5 Å². The number of anilines is 2. The monoisotopic (exact) mass is 289 g/mol. The quantitative estimate of drug-likeness (QED) is 0.904. The van der Waals surface area contributed by atoms with Gasteiger partial charge in [0, 0.05) is 12.6 Å². The van der Waals surface area contributed by atoms with Crippen molar-refractivity contribution in [3.8, 4) is 0 Å². The van der Waals surface area contributed by atoms with E-state index < -0.39 is 5.97 Å². The first-order valence-corrected chi connectivity index (χ1v) is 6.38. The van der Waals surface area contributed by atoms with Crippen LogP contribution in [0.4, 0.5) is 15.9 Å². The number of hydrogen-bond acceptors (Lipinski definition) is 4. The third-order valence-electron chi connectivity index (χ3n) is 3.45. The number of nitrogens with two attached hydrogens (primary N) is 1. The molecule has 0 fully saturated rings. The van der Waals surface area contributed by atoms with E-state index in [4.69, 9.17) is 10.8 Å². The number of carboxylic acid groups (broad SMARTS) is 1. The molecule has 0 saturated carbocycles. The van der Waals surface area contributed by atoms with E-state index in [-0.39, 0.29) is 23.1 Å². The number of carbonyl (C=O) groups is 1. The van der Waals surface area contributed by atoms with E-state index in [0.29, 0.717) is 11.4 Å². The van der Waals surface area contributed by atoms with Gasteiger partial charge in [0.05, 0.1) is 23.5 Å². The van der Waals surface area contributed by atoms with Gasteiger partial charge in [0.25, 0.3) is 0 Å². The van der Waals surface area contributed by atoms with Crippen molar-refractivity contribution in [2.75, 3.05) is 17.7 Å². The van der Waals surface area contributed by atoms with Crippen molar-refractivity contribution in [2.24, 2.45) is 0 Å². The lowest BCUT2D eigenvalue weighted by Gasteiger charge is -2.27. The van der Waals surface area contributed by atoms with Crippen LogP contribution in [0.3, 0.4) is 0 Å². The normalized spacial score (nSPS) is 12.0. The number of pyridine rings is 1. The SMILES string of the molecule is CC(c1ccccc1F)N(C)c1cc(C(=O)O)c(N)cn1. The van der Waals surface area contributed by atoms with Crippen molar-refractivity contribution in [1.29, 1.82) is 0 Å². The van der Waals surface area contributed by atoms with Crippen molar-refractivity contribution >= 4 is 17.5 Å². The van der Waals surface area contributed by atoms with Crippen LogP contribution in [-0.2, 0) is 0 Å². The van der Waals surface area contributed by atoms with Crippen LogP contribution in [-0.4, -0.2) is 23.1 Å². The molecule has 1 aromatic heterocycles. The maximum absolute atomic E-state index is 13.8. The van der Waals surface area contributed by atoms with Gasteiger partial charge in [-0.25, -0.2) is 14.2 Å². The van der Waals surface area contributed by atoms with Crippen molar-refractivity contribution in [1.82, 2.24) is 4.98 Å². The minimum atomic E-state index is -1.12. The molecule has 21 heavy (non-hydrogen) atoms. The van der Waals surface area contributed by atoms with Crippen LogP contribution < -0.4 is 10.6 Å². The fraction of sp³-hybridized carbons (Fsp3) is 0.200. The van der Waals surface area contributed by atoms with Gasteiger partial charge in [-0.05, 0) is 19.1 Å². The van der Waals surface area contributed by atoms with E-state index in [1.54, 1.807) is 30.1 Å². The highest BCUT2D eigenvalue weighted by molar-refractivity contribution is 5.94. The van der Waals surface area contributed by atoms with Gasteiger partial charge in [-0.3, -0.25) is 0 Å². The number of nitrogens with zero attached hydrogens (tertiary/aromatic N) is 2. The zero-order valence-corrected chi connectivity index (χ0v) is 11.7. The van der Waals surface area contributed by atoms with Crippen LogP contribution in [0, 0.1) is 5.82 Å². The van der Waals surface area contributed by atoms with Gasteiger partial charge in [-0.1, -0.05) is 18.2 Å². The predicted octanol–water partition coefficient (Wildman–Crippen LogP) is 2.70. The van der Waals surface area contributed by atoms with Crippen molar-refractivity contribution in [3.05, 3.63) is 53.5 Å². The summed E-state index contributed by atoms with van der Waals surface area (Å²) in [5.41, 5.74) is 6.16. The average molecular weight is 289 g/mol. The van der Waals surface area contributed by atoms with Gasteiger partial charge >= 0.3 is 5.97 Å². The molecule has 6 heteroatoms. The smallest absolute Gasteiger partial charge is 0.337 e. The third kappa shape index (κ3) is 2.94. The van der Waals surface area contributed by atoms with Gasteiger partial charge in [-0.2, -0.15) is 0 Å². The summed E-state index contributed by atoms with van der Waals surface area (Å²) in [6.45, 7) is 1.82. The lowest BCUT2D eigenvalue weighted by atomic mass is 10.1. The Kier molecular flexibility index (Phi) is 4.07. The fourth-order valence-electron chi connectivity index (χ4n) is 2.05. The molecule has 2 aromatic rings. The molecule has 0 aliphatic heterocycles. The molecule has 0 spiro atoms. The first-order chi connectivity index (χ1) is 9.91. The summed E-state index contributed by atoms with van der Waals surface area (Å²) in [7, 11) is 1.72. The summed E-state index contributed by atoms with van der Waals surface area (Å²) in [4.78, 5) is 16.9. The second-order valence-electron chi connectivity index (χ2n) is 4.74. The topological polar surface area (TPSA) is 79.5 Å². The molecule has 0 aliphatic rings. The zero-order valence-electron chi connectivity index (χ0n) is 11.7.